The third-order valence-electron chi connectivity index (χ3n) is 1.80. The number of alkyl halides is 3. The van der Waals surface area contributed by atoms with Gasteiger partial charge in [0, 0.05) is 22.9 Å². The van der Waals surface area contributed by atoms with Crippen molar-refractivity contribution in [2.24, 2.45) is 0 Å². The van der Waals surface area contributed by atoms with E-state index in [4.69, 9.17) is 11.6 Å². The standard InChI is InChI=1S/C10H8BrClF2O/c11-8-3-1-7(2-4-8)9(15)5-6-10(12,13)14/h1-4H,5-6H2. The summed E-state index contributed by atoms with van der Waals surface area (Å²) in [5.74, 6) is -0.331. The van der Waals surface area contributed by atoms with Gasteiger partial charge in [-0.15, -0.1) is 0 Å². The van der Waals surface area contributed by atoms with Gasteiger partial charge in [-0.3, -0.25) is 4.79 Å². The summed E-state index contributed by atoms with van der Waals surface area (Å²) in [6.07, 6.45) is -0.887. The van der Waals surface area contributed by atoms with Gasteiger partial charge in [0.1, 0.15) is 0 Å². The van der Waals surface area contributed by atoms with Crippen molar-refractivity contribution in [3.8, 4) is 0 Å². The molecular weight excluding hydrogens is 289 g/mol. The van der Waals surface area contributed by atoms with Crippen LogP contribution in [0.1, 0.15) is 23.2 Å². The molecule has 0 fully saturated rings. The Hall–Kier alpha value is -0.480. The lowest BCUT2D eigenvalue weighted by Crippen LogP contribution is -2.09. The van der Waals surface area contributed by atoms with Gasteiger partial charge < -0.3 is 0 Å². The Morgan fingerprint density at radius 3 is 2.33 bits per heavy atom. The molecule has 0 radical (unpaired) electrons. The molecule has 0 unspecified atom stereocenters. The van der Waals surface area contributed by atoms with E-state index in [2.05, 4.69) is 15.9 Å². The van der Waals surface area contributed by atoms with Crippen LogP contribution in [0.3, 0.4) is 0 Å². The van der Waals surface area contributed by atoms with Crippen LogP contribution in [0.2, 0.25) is 0 Å². The fourth-order valence-electron chi connectivity index (χ4n) is 1.04. The number of hydrogen-bond acceptors (Lipinski definition) is 1. The van der Waals surface area contributed by atoms with Crippen LogP contribution in [0.4, 0.5) is 8.78 Å². The molecule has 0 aromatic heterocycles. The number of ketones is 1. The molecule has 82 valence electrons. The van der Waals surface area contributed by atoms with Gasteiger partial charge in [0.2, 0.25) is 0 Å². The summed E-state index contributed by atoms with van der Waals surface area (Å²) in [6.45, 7) is 0. The molecule has 0 aliphatic rings. The van der Waals surface area contributed by atoms with E-state index in [0.29, 0.717) is 5.56 Å². The van der Waals surface area contributed by atoms with E-state index in [1.165, 1.54) is 0 Å². The third-order valence-corrected chi connectivity index (χ3v) is 2.52. The van der Waals surface area contributed by atoms with Crippen LogP contribution >= 0.6 is 27.5 Å². The molecule has 1 nitrogen and oxygen atoms in total. The molecule has 1 aromatic rings. The number of hydrogen-bond donors (Lipinski definition) is 0. The van der Waals surface area contributed by atoms with Crippen molar-refractivity contribution in [1.82, 2.24) is 0 Å². The highest BCUT2D eigenvalue weighted by Gasteiger charge is 2.25. The molecule has 0 aliphatic carbocycles. The molecule has 0 atom stereocenters. The number of rotatable bonds is 4. The molecule has 0 saturated heterocycles. The van der Waals surface area contributed by atoms with E-state index in [-0.39, 0.29) is 12.2 Å². The van der Waals surface area contributed by atoms with Gasteiger partial charge >= 0.3 is 5.38 Å². The zero-order valence-corrected chi connectivity index (χ0v) is 9.99. The Kier molecular flexibility index (Phi) is 4.22. The predicted molar refractivity (Wildman–Crippen MR) is 58.5 cm³/mol. The van der Waals surface area contributed by atoms with Crippen LogP contribution in [0.25, 0.3) is 0 Å². The Balaban J connectivity index is 2.58. The summed E-state index contributed by atoms with van der Waals surface area (Å²) in [6, 6.07) is 6.54. The second kappa shape index (κ2) is 5.03. The lowest BCUT2D eigenvalue weighted by Gasteiger charge is -2.06. The summed E-state index contributed by atoms with van der Waals surface area (Å²) in [4.78, 5) is 11.4. The van der Waals surface area contributed by atoms with Crippen LogP contribution in [0, 0.1) is 0 Å². The largest absolute Gasteiger partial charge is 0.322 e. The Bertz CT molecular complexity index is 345. The Labute approximate surface area is 99.6 Å². The zero-order valence-electron chi connectivity index (χ0n) is 7.64. The third kappa shape index (κ3) is 4.71. The summed E-state index contributed by atoms with van der Waals surface area (Å²) in [7, 11) is 0. The first kappa shape index (κ1) is 12.6. The Morgan fingerprint density at radius 1 is 1.33 bits per heavy atom. The van der Waals surface area contributed by atoms with Crippen molar-refractivity contribution >= 4 is 33.3 Å². The average molecular weight is 298 g/mol. The first-order valence-electron chi connectivity index (χ1n) is 4.24. The molecular formula is C10H8BrClF2O. The molecule has 0 amide bonds. The van der Waals surface area contributed by atoms with Crippen molar-refractivity contribution < 1.29 is 13.6 Å². The van der Waals surface area contributed by atoms with Crippen molar-refractivity contribution in [1.29, 1.82) is 0 Å². The highest BCUT2D eigenvalue weighted by atomic mass is 79.9. The molecule has 0 heterocycles. The van der Waals surface area contributed by atoms with Crippen molar-refractivity contribution in [3.05, 3.63) is 34.3 Å². The maximum Gasteiger partial charge on any atom is 0.322 e. The average Bonchev–Trinajstić information content (AvgIpc) is 2.14. The maximum atomic E-state index is 12.3. The van der Waals surface area contributed by atoms with E-state index < -0.39 is 11.8 Å². The predicted octanol–water partition coefficient (Wildman–Crippen LogP) is 4.24. The van der Waals surface area contributed by atoms with Gasteiger partial charge in [0.05, 0.1) is 0 Å². The molecule has 0 bridgehead atoms. The van der Waals surface area contributed by atoms with E-state index in [1.54, 1.807) is 24.3 Å². The molecule has 15 heavy (non-hydrogen) atoms. The SMILES string of the molecule is O=C(CCC(F)(F)Cl)c1ccc(Br)cc1. The number of halogens is 4. The quantitative estimate of drug-likeness (QED) is 0.600. The summed E-state index contributed by atoms with van der Waals surface area (Å²) < 4.78 is 25.4. The zero-order chi connectivity index (χ0) is 11.5. The minimum Gasteiger partial charge on any atom is -0.294 e. The van der Waals surface area contributed by atoms with Crippen LogP contribution in [-0.4, -0.2) is 11.2 Å². The monoisotopic (exact) mass is 296 g/mol. The van der Waals surface area contributed by atoms with Crippen molar-refractivity contribution in [2.45, 2.75) is 18.2 Å². The molecule has 0 saturated carbocycles. The molecule has 0 N–H and O–H groups in total. The van der Waals surface area contributed by atoms with Crippen LogP contribution < -0.4 is 0 Å². The van der Waals surface area contributed by atoms with Gasteiger partial charge in [0.25, 0.3) is 0 Å². The highest BCUT2D eigenvalue weighted by Crippen LogP contribution is 2.25. The van der Waals surface area contributed by atoms with Gasteiger partial charge in [-0.25, -0.2) is 0 Å². The second-order valence-corrected chi connectivity index (χ2v) is 4.51. The summed E-state index contributed by atoms with van der Waals surface area (Å²) in [5.41, 5.74) is 0.416. The van der Waals surface area contributed by atoms with Crippen molar-refractivity contribution in [2.75, 3.05) is 0 Å². The highest BCUT2D eigenvalue weighted by molar-refractivity contribution is 9.10. The summed E-state index contributed by atoms with van der Waals surface area (Å²) >= 11 is 7.91. The van der Waals surface area contributed by atoms with E-state index in [0.717, 1.165) is 4.47 Å². The Morgan fingerprint density at radius 2 is 1.87 bits per heavy atom. The van der Waals surface area contributed by atoms with Crippen LogP contribution in [0.15, 0.2) is 28.7 Å². The fraction of sp³-hybridized carbons (Fsp3) is 0.300. The number of benzene rings is 1. The maximum absolute atomic E-state index is 12.3. The first-order chi connectivity index (χ1) is 6.88. The van der Waals surface area contributed by atoms with E-state index in [9.17, 15) is 13.6 Å². The molecule has 0 spiro atoms. The van der Waals surface area contributed by atoms with E-state index >= 15 is 0 Å². The van der Waals surface area contributed by atoms with Gasteiger partial charge in [-0.1, -0.05) is 28.1 Å². The number of Topliss-reactive ketones (excluding diaryl/α,β-unsaturated/α-hetero) is 1. The second-order valence-electron chi connectivity index (χ2n) is 3.05. The van der Waals surface area contributed by atoms with Crippen molar-refractivity contribution in [3.63, 3.8) is 0 Å². The van der Waals surface area contributed by atoms with Gasteiger partial charge in [-0.2, -0.15) is 8.78 Å². The minimum atomic E-state index is -3.30. The molecule has 0 aliphatic heterocycles. The smallest absolute Gasteiger partial charge is 0.294 e. The van der Waals surface area contributed by atoms with E-state index in [1.807, 2.05) is 0 Å². The number of carbonyl (C=O) groups is 1. The molecule has 1 rings (SSSR count). The van der Waals surface area contributed by atoms with Gasteiger partial charge in [-0.05, 0) is 23.7 Å². The first-order valence-corrected chi connectivity index (χ1v) is 5.41. The van der Waals surface area contributed by atoms with Gasteiger partial charge in [0.15, 0.2) is 5.78 Å². The molecule has 1 aromatic carbocycles. The lowest BCUT2D eigenvalue weighted by atomic mass is 10.1. The lowest BCUT2D eigenvalue weighted by molar-refractivity contribution is 0.0735. The summed E-state index contributed by atoms with van der Waals surface area (Å²) in [5, 5.41) is -3.30. The topological polar surface area (TPSA) is 17.1 Å². The minimum absolute atomic E-state index is 0.252. The van der Waals surface area contributed by atoms with Crippen LogP contribution in [0.5, 0.6) is 0 Å². The molecule has 5 heteroatoms. The number of carbonyl (C=O) groups excluding carboxylic acids is 1. The van der Waals surface area contributed by atoms with Crippen LogP contribution in [-0.2, 0) is 0 Å². The fourth-order valence-corrected chi connectivity index (χ4v) is 1.39. The normalized spacial score (nSPS) is 11.5.